The Bertz CT molecular complexity index is 818. The number of unbranched alkanes of at least 4 members (excludes halogenated alkanes) is 2. The topological polar surface area (TPSA) is 148 Å². The number of furan rings is 1. The predicted molar refractivity (Wildman–Crippen MR) is 85.4 cm³/mol. The third-order valence-corrected chi connectivity index (χ3v) is 5.04. The van der Waals surface area contributed by atoms with E-state index < -0.39 is 41.5 Å². The summed E-state index contributed by atoms with van der Waals surface area (Å²) in [5.41, 5.74) is -0.906. The van der Waals surface area contributed by atoms with Gasteiger partial charge in [0.1, 0.15) is 4.90 Å². The van der Waals surface area contributed by atoms with Crippen molar-refractivity contribution < 1.29 is 35.1 Å². The van der Waals surface area contributed by atoms with Crippen LogP contribution in [0.15, 0.2) is 20.5 Å². The van der Waals surface area contributed by atoms with Crippen molar-refractivity contribution in [3.05, 3.63) is 17.0 Å². The molecule has 0 aliphatic rings. The lowest BCUT2D eigenvalue weighted by molar-refractivity contribution is -0.537. The van der Waals surface area contributed by atoms with E-state index in [0.29, 0.717) is 17.2 Å². The molecule has 0 amide bonds. The summed E-state index contributed by atoms with van der Waals surface area (Å²) >= 11 is 0. The molecule has 0 unspecified atom stereocenters. The molecule has 11 heteroatoms. The van der Waals surface area contributed by atoms with Gasteiger partial charge in [-0.15, -0.1) is 0 Å². The number of hydrogen-bond donors (Lipinski definition) is 2. The average molecular weight is 383 g/mol. The second kappa shape index (κ2) is 7.21. The molecule has 1 heterocycles. The molecule has 2 N–H and O–H groups in total. The summed E-state index contributed by atoms with van der Waals surface area (Å²) in [5, 5.41) is 11.2. The Morgan fingerprint density at radius 3 is 2.25 bits per heavy atom. The standard InChI is InChI=1S/C13H21NO8S2/c1-4-5-6-7-13(2,3)14(15)9-10-11(23(16,17)18)8-12(22-10)24(19,20)21/h8-9H,4-7H2,1-3H3,(H,16,17,18)(H,19,20,21). The fourth-order valence-electron chi connectivity index (χ4n) is 1.98. The number of hydroxylamine groups is 1. The maximum absolute atomic E-state index is 12.3. The van der Waals surface area contributed by atoms with Crippen molar-refractivity contribution in [2.75, 3.05) is 0 Å². The first kappa shape index (κ1) is 20.6. The van der Waals surface area contributed by atoms with Crippen molar-refractivity contribution in [3.63, 3.8) is 0 Å². The highest BCUT2D eigenvalue weighted by Gasteiger charge is 2.30. The molecule has 0 bridgehead atoms. The molecule has 24 heavy (non-hydrogen) atoms. The molecule has 0 atom stereocenters. The van der Waals surface area contributed by atoms with E-state index in [1.54, 1.807) is 13.8 Å². The molecule has 138 valence electrons. The fourth-order valence-corrected chi connectivity index (χ4v) is 3.13. The smallest absolute Gasteiger partial charge is 0.328 e. The minimum Gasteiger partial charge on any atom is -0.623 e. The van der Waals surface area contributed by atoms with Crippen molar-refractivity contribution in [1.82, 2.24) is 0 Å². The van der Waals surface area contributed by atoms with E-state index in [0.717, 1.165) is 25.5 Å². The van der Waals surface area contributed by atoms with Crippen molar-refractivity contribution in [1.29, 1.82) is 0 Å². The van der Waals surface area contributed by atoms with Gasteiger partial charge in [0, 0.05) is 26.3 Å². The van der Waals surface area contributed by atoms with Crippen LogP contribution >= 0.6 is 0 Å². The van der Waals surface area contributed by atoms with Crippen LogP contribution < -0.4 is 0 Å². The van der Waals surface area contributed by atoms with Gasteiger partial charge >= 0.3 is 10.1 Å². The van der Waals surface area contributed by atoms with E-state index in [2.05, 4.69) is 0 Å². The molecule has 0 aromatic carbocycles. The number of rotatable bonds is 8. The molecule has 0 radical (unpaired) electrons. The van der Waals surface area contributed by atoms with Gasteiger partial charge in [0.05, 0.1) is 0 Å². The molecular formula is C13H21NO8S2. The second-order valence-corrected chi connectivity index (χ2v) is 8.71. The van der Waals surface area contributed by atoms with Crippen LogP contribution in [0.1, 0.15) is 52.2 Å². The van der Waals surface area contributed by atoms with E-state index in [1.165, 1.54) is 0 Å². The highest BCUT2D eigenvalue weighted by atomic mass is 32.2. The van der Waals surface area contributed by atoms with Crippen molar-refractivity contribution in [2.45, 2.75) is 62.0 Å². The Hall–Kier alpha value is -1.43. The normalized spacial score (nSPS) is 14.1. The Labute approximate surface area is 141 Å². The third kappa shape index (κ3) is 5.30. The van der Waals surface area contributed by atoms with Crippen molar-refractivity contribution in [2.24, 2.45) is 0 Å². The first-order chi connectivity index (χ1) is 10.8. The quantitative estimate of drug-likeness (QED) is 0.173. The van der Waals surface area contributed by atoms with Crippen LogP contribution in [-0.2, 0) is 20.2 Å². The molecule has 0 fully saturated rings. The van der Waals surface area contributed by atoms with Crippen LogP contribution in [0, 0.1) is 5.21 Å². The minimum atomic E-state index is -4.85. The summed E-state index contributed by atoms with van der Waals surface area (Å²) in [6.07, 6.45) is 3.90. The largest absolute Gasteiger partial charge is 0.623 e. The maximum Gasteiger partial charge on any atom is 0.328 e. The van der Waals surface area contributed by atoms with Crippen molar-refractivity contribution >= 4 is 26.5 Å². The molecule has 1 rings (SSSR count). The van der Waals surface area contributed by atoms with Gasteiger partial charge in [-0.05, 0) is 6.42 Å². The summed E-state index contributed by atoms with van der Waals surface area (Å²) in [5.74, 6) is -0.677. The zero-order valence-corrected chi connectivity index (χ0v) is 15.2. The van der Waals surface area contributed by atoms with E-state index in [1.807, 2.05) is 6.92 Å². The van der Waals surface area contributed by atoms with Crippen LogP contribution in [0.3, 0.4) is 0 Å². The zero-order valence-electron chi connectivity index (χ0n) is 13.6. The van der Waals surface area contributed by atoms with E-state index >= 15 is 0 Å². The predicted octanol–water partition coefficient (Wildman–Crippen LogP) is 2.06. The highest BCUT2D eigenvalue weighted by molar-refractivity contribution is 7.86. The van der Waals surface area contributed by atoms with Gasteiger partial charge in [-0.1, -0.05) is 19.8 Å². The molecule has 0 saturated heterocycles. The molecule has 1 aromatic rings. The Kier molecular flexibility index (Phi) is 6.20. The van der Waals surface area contributed by atoms with Gasteiger partial charge in [-0.25, -0.2) is 4.74 Å². The number of hydrogen-bond acceptors (Lipinski definition) is 6. The van der Waals surface area contributed by atoms with Crippen LogP contribution in [0.5, 0.6) is 0 Å². The highest BCUT2D eigenvalue weighted by Crippen LogP contribution is 2.24. The Balaban J connectivity index is 3.32. The Morgan fingerprint density at radius 2 is 1.79 bits per heavy atom. The first-order valence-electron chi connectivity index (χ1n) is 7.19. The van der Waals surface area contributed by atoms with Crippen LogP contribution in [0.4, 0.5) is 0 Å². The third-order valence-electron chi connectivity index (χ3n) is 3.46. The second-order valence-electron chi connectivity index (χ2n) is 5.97. The lowest BCUT2D eigenvalue weighted by Gasteiger charge is -2.23. The molecule has 9 nitrogen and oxygen atoms in total. The molecule has 1 aromatic heterocycles. The summed E-state index contributed by atoms with van der Waals surface area (Å²) in [6.45, 7) is 5.27. The molecule has 0 aliphatic carbocycles. The SMILES string of the molecule is CCCCCC(C)(C)[N+]([O-])=Cc1oc(S(=O)(=O)O)cc1S(=O)(=O)O. The van der Waals surface area contributed by atoms with Crippen molar-refractivity contribution in [3.8, 4) is 0 Å². The molecule has 0 saturated carbocycles. The zero-order chi connectivity index (χ0) is 18.8. The Morgan fingerprint density at radius 1 is 1.21 bits per heavy atom. The van der Waals surface area contributed by atoms with Gasteiger partial charge in [0.2, 0.25) is 17.1 Å². The number of nitrogens with zero attached hydrogens (tertiary/aromatic N) is 1. The lowest BCUT2D eigenvalue weighted by atomic mass is 9.97. The van der Waals surface area contributed by atoms with Gasteiger partial charge in [-0.2, -0.15) is 16.8 Å². The lowest BCUT2D eigenvalue weighted by Crippen LogP contribution is -2.33. The fraction of sp³-hybridized carbons (Fsp3) is 0.615. The monoisotopic (exact) mass is 383 g/mol. The van der Waals surface area contributed by atoms with Crippen LogP contribution in [0.2, 0.25) is 0 Å². The summed E-state index contributed by atoms with van der Waals surface area (Å²) in [6, 6.07) is 0.439. The summed E-state index contributed by atoms with van der Waals surface area (Å²) in [4.78, 5) is -0.916. The summed E-state index contributed by atoms with van der Waals surface area (Å²) in [7, 11) is -9.69. The maximum atomic E-state index is 12.3. The molecule has 0 aliphatic heterocycles. The van der Waals surface area contributed by atoms with E-state index in [9.17, 15) is 22.0 Å². The van der Waals surface area contributed by atoms with Crippen LogP contribution in [0.25, 0.3) is 0 Å². The minimum absolute atomic E-state index is 0.434. The van der Waals surface area contributed by atoms with Gasteiger partial charge < -0.3 is 9.62 Å². The van der Waals surface area contributed by atoms with E-state index in [-0.39, 0.29) is 0 Å². The van der Waals surface area contributed by atoms with Gasteiger partial charge in [-0.3, -0.25) is 9.11 Å². The summed E-state index contributed by atoms with van der Waals surface area (Å²) < 4.78 is 68.0. The van der Waals surface area contributed by atoms with Gasteiger partial charge in [0.15, 0.2) is 5.54 Å². The molecule has 0 spiro atoms. The first-order valence-corrected chi connectivity index (χ1v) is 10.1. The molecular weight excluding hydrogens is 362 g/mol. The average Bonchev–Trinajstić information content (AvgIpc) is 2.82. The van der Waals surface area contributed by atoms with E-state index in [4.69, 9.17) is 13.5 Å². The van der Waals surface area contributed by atoms with Crippen LogP contribution in [-0.4, -0.2) is 42.4 Å². The van der Waals surface area contributed by atoms with Gasteiger partial charge in [0.25, 0.3) is 10.1 Å².